The van der Waals surface area contributed by atoms with Gasteiger partial charge in [0.1, 0.15) is 23.3 Å². The van der Waals surface area contributed by atoms with E-state index in [1.807, 2.05) is 41.3 Å². The van der Waals surface area contributed by atoms with Crippen LogP contribution in [-0.4, -0.2) is 78.1 Å². The Morgan fingerprint density at radius 2 is 1.69 bits per heavy atom. The molecule has 0 radical (unpaired) electrons. The molecule has 7 atom stereocenters. The predicted octanol–water partition coefficient (Wildman–Crippen LogP) is 9.42. The molecule has 3 aromatic rings. The van der Waals surface area contributed by atoms with E-state index >= 15 is 4.79 Å². The predicted molar refractivity (Wildman–Crippen MR) is 241 cm³/mol. The second-order valence-electron chi connectivity index (χ2n) is 18.5. The van der Waals surface area contributed by atoms with E-state index in [0.29, 0.717) is 48.9 Å². The fourth-order valence-electron chi connectivity index (χ4n) is 10.7. The molecule has 0 bridgehead atoms. The number of allylic oxidation sites excluding steroid dienone is 1. The zero-order valence-electron chi connectivity index (χ0n) is 37.4. The van der Waals surface area contributed by atoms with Crippen molar-refractivity contribution in [3.05, 3.63) is 101 Å². The number of benzene rings is 3. The summed E-state index contributed by atoms with van der Waals surface area (Å²) in [7, 11) is 0. The maximum Gasteiger partial charge on any atom is 0.239 e. The molecule has 7 unspecified atom stereocenters. The number of carbonyl (C=O) groups is 1. The highest BCUT2D eigenvalue weighted by molar-refractivity contribution is 6.03. The van der Waals surface area contributed by atoms with Gasteiger partial charge in [0.15, 0.2) is 11.5 Å². The first-order chi connectivity index (χ1) is 31.3. The van der Waals surface area contributed by atoms with E-state index in [0.717, 1.165) is 91.5 Å². The summed E-state index contributed by atoms with van der Waals surface area (Å²) < 4.78 is 38.9. The Labute approximate surface area is 377 Å². The number of hydrogen-bond acceptors (Lipinski definition) is 11. The van der Waals surface area contributed by atoms with Gasteiger partial charge in [-0.3, -0.25) is 4.79 Å². The van der Waals surface area contributed by atoms with Crippen LogP contribution in [-0.2, 0) is 25.7 Å². The van der Waals surface area contributed by atoms with Crippen molar-refractivity contribution in [2.45, 2.75) is 121 Å². The summed E-state index contributed by atoms with van der Waals surface area (Å²) >= 11 is 0. The molecule has 64 heavy (non-hydrogen) atoms. The Morgan fingerprint density at radius 3 is 2.45 bits per heavy atom. The lowest BCUT2D eigenvalue weighted by molar-refractivity contribution is -0.258. The molecule has 3 aromatic carbocycles. The molecule has 3 aliphatic heterocycles. The summed E-state index contributed by atoms with van der Waals surface area (Å²) in [5.41, 5.74) is 5.98. The Bertz CT molecular complexity index is 2210. The van der Waals surface area contributed by atoms with Crippen molar-refractivity contribution < 1.29 is 48.3 Å². The Morgan fingerprint density at radius 1 is 0.906 bits per heavy atom. The monoisotopic (exact) mass is 876 g/mol. The van der Waals surface area contributed by atoms with Crippen molar-refractivity contribution in [3.63, 3.8) is 0 Å². The maximum absolute atomic E-state index is 15.0. The topological polar surface area (TPSA) is 138 Å². The van der Waals surface area contributed by atoms with Crippen molar-refractivity contribution >= 4 is 11.6 Å². The van der Waals surface area contributed by atoms with E-state index in [2.05, 4.69) is 44.7 Å². The lowest BCUT2D eigenvalue weighted by atomic mass is 9.55. The molecule has 3 fully saturated rings. The van der Waals surface area contributed by atoms with Gasteiger partial charge in [-0.15, -0.1) is 6.58 Å². The Balaban J connectivity index is 1.23. The highest BCUT2D eigenvalue weighted by Gasteiger charge is 2.66. The van der Waals surface area contributed by atoms with E-state index in [4.69, 9.17) is 38.4 Å². The van der Waals surface area contributed by atoms with Crippen LogP contribution in [0.2, 0.25) is 0 Å². The summed E-state index contributed by atoms with van der Waals surface area (Å²) in [6, 6.07) is 17.4. The number of nitrogens with zero attached hydrogens (tertiary/aromatic N) is 2. The van der Waals surface area contributed by atoms with Crippen molar-refractivity contribution in [1.82, 2.24) is 4.90 Å². The second kappa shape index (κ2) is 19.7. The SMILES string of the molecule is C=CCOC12Oc3ccc(Oc4ccc(C)c(C)c4)cc3C3C(CCCCO)C(CCCCO)C=C(C(=NOC4CCCCO4)CC1N(Cc1ccc4c(c1)OCO4)C(=O)C1CC1)C32. The highest BCUT2D eigenvalue weighted by Crippen LogP contribution is 2.62. The van der Waals surface area contributed by atoms with Crippen LogP contribution in [0.1, 0.15) is 105 Å². The number of aliphatic hydroxyl groups excluding tert-OH is 2. The molecule has 1 amide bonds. The number of amides is 1. The first-order valence-corrected chi connectivity index (χ1v) is 23.6. The van der Waals surface area contributed by atoms with Gasteiger partial charge in [0.25, 0.3) is 0 Å². The summed E-state index contributed by atoms with van der Waals surface area (Å²) in [6.07, 6.45) is 13.0. The maximum atomic E-state index is 15.0. The minimum absolute atomic E-state index is 0.0489. The zero-order chi connectivity index (χ0) is 44.2. The smallest absolute Gasteiger partial charge is 0.239 e. The molecule has 6 aliphatic rings. The molecule has 9 rings (SSSR count). The van der Waals surface area contributed by atoms with E-state index in [-0.39, 0.29) is 62.7 Å². The van der Waals surface area contributed by atoms with Crippen molar-refractivity contribution in [2.75, 3.05) is 33.2 Å². The van der Waals surface area contributed by atoms with Gasteiger partial charge in [0, 0.05) is 50.0 Å². The van der Waals surface area contributed by atoms with Gasteiger partial charge < -0.3 is 48.4 Å². The van der Waals surface area contributed by atoms with Gasteiger partial charge in [-0.2, -0.15) is 0 Å². The van der Waals surface area contributed by atoms with Crippen LogP contribution in [0.5, 0.6) is 28.7 Å². The van der Waals surface area contributed by atoms with Gasteiger partial charge in [-0.1, -0.05) is 42.3 Å². The lowest BCUT2D eigenvalue weighted by Crippen LogP contribution is -2.70. The molecule has 12 heteroatoms. The number of aryl methyl sites for hydroxylation is 2. The summed E-state index contributed by atoms with van der Waals surface area (Å²) in [5.74, 6) is 1.57. The van der Waals surface area contributed by atoms with Crippen LogP contribution in [0.3, 0.4) is 0 Å². The third-order valence-corrected chi connectivity index (χ3v) is 14.2. The summed E-state index contributed by atoms with van der Waals surface area (Å²) in [6.45, 7) is 9.74. The molecular formula is C52H64N2O10. The molecule has 2 N–H and O–H groups in total. The number of fused-ring (bicyclic) bond motifs is 3. The van der Waals surface area contributed by atoms with Crippen LogP contribution in [0.25, 0.3) is 0 Å². The normalized spacial score (nSPS) is 27.2. The largest absolute Gasteiger partial charge is 0.459 e. The molecule has 2 saturated carbocycles. The minimum Gasteiger partial charge on any atom is -0.459 e. The number of aliphatic hydroxyl groups is 2. The summed E-state index contributed by atoms with van der Waals surface area (Å²) in [5, 5.41) is 25.1. The van der Waals surface area contributed by atoms with E-state index in [9.17, 15) is 10.2 Å². The van der Waals surface area contributed by atoms with Crippen LogP contribution >= 0.6 is 0 Å². The number of ether oxygens (including phenoxy) is 6. The highest BCUT2D eigenvalue weighted by atomic mass is 16.8. The zero-order valence-corrected chi connectivity index (χ0v) is 37.4. The molecule has 0 aromatic heterocycles. The molecule has 1 saturated heterocycles. The average molecular weight is 877 g/mol. The molecule has 342 valence electrons. The standard InChI is InChI=1S/C52H64N2O10/c1-4-24-61-52-47(54(51(57)36-16-17-36)31-35-15-20-45-46(27-35)60-32-59-45)30-43(53-64-48-13-7-10-25-58-48)41-28-37(11-5-8-22-55)40(12-6-9-23-56)49(50(41)52)42-29-39(19-21-44(42)63-52)62-38-18-14-33(2)34(3)26-38/h4,14-15,18-21,26-29,36-37,40,47-50,55-56H,1,5-13,16-17,22-25,30-32H2,2-3H3. The molecular weight excluding hydrogens is 813 g/mol. The van der Waals surface area contributed by atoms with Gasteiger partial charge in [-0.25, -0.2) is 0 Å². The number of unbranched alkanes of at least 4 members (excludes halogenated alkanes) is 2. The third-order valence-electron chi connectivity index (χ3n) is 14.2. The second-order valence-corrected chi connectivity index (χ2v) is 18.5. The number of hydrogen-bond donors (Lipinski definition) is 2. The molecule has 12 nitrogen and oxygen atoms in total. The Hall–Kier alpha value is -4.88. The third kappa shape index (κ3) is 9.16. The molecule has 3 heterocycles. The van der Waals surface area contributed by atoms with Crippen LogP contribution in [0.15, 0.2) is 84.1 Å². The van der Waals surface area contributed by atoms with E-state index in [1.165, 1.54) is 5.56 Å². The Kier molecular flexibility index (Phi) is 13.6. The number of rotatable bonds is 19. The fourth-order valence-corrected chi connectivity index (χ4v) is 10.7. The molecule has 3 aliphatic carbocycles. The quantitative estimate of drug-likeness (QED) is 0.0681. The van der Waals surface area contributed by atoms with Crippen molar-refractivity contribution in [2.24, 2.45) is 28.8 Å². The van der Waals surface area contributed by atoms with Crippen molar-refractivity contribution in [3.8, 4) is 28.7 Å². The number of carbonyl (C=O) groups excluding carboxylic acids is 1. The molecule has 0 spiro atoms. The lowest BCUT2D eigenvalue weighted by Gasteiger charge is -2.60. The number of oxime groups is 1. The first kappa shape index (κ1) is 44.3. The fraction of sp³-hybridized carbons (Fsp3) is 0.538. The average Bonchev–Trinajstić information content (AvgIpc) is 4.06. The minimum atomic E-state index is -1.37. The van der Waals surface area contributed by atoms with Gasteiger partial charge in [0.05, 0.1) is 24.8 Å². The first-order valence-electron chi connectivity index (χ1n) is 23.6. The van der Waals surface area contributed by atoms with Crippen LogP contribution in [0.4, 0.5) is 0 Å². The van der Waals surface area contributed by atoms with E-state index in [1.54, 1.807) is 6.08 Å². The van der Waals surface area contributed by atoms with Crippen molar-refractivity contribution in [1.29, 1.82) is 0 Å². The van der Waals surface area contributed by atoms with Gasteiger partial charge >= 0.3 is 0 Å². The van der Waals surface area contributed by atoms with Gasteiger partial charge in [0.2, 0.25) is 24.8 Å². The van der Waals surface area contributed by atoms with Crippen LogP contribution < -0.4 is 18.9 Å². The van der Waals surface area contributed by atoms with Gasteiger partial charge in [-0.05, 0) is 142 Å². The van der Waals surface area contributed by atoms with E-state index < -0.39 is 24.0 Å². The van der Waals surface area contributed by atoms with Crippen LogP contribution in [0, 0.1) is 37.5 Å². The summed E-state index contributed by atoms with van der Waals surface area (Å²) in [4.78, 5) is 23.3.